The average Bonchev–Trinajstić information content (AvgIpc) is 2.51. The lowest BCUT2D eigenvalue weighted by Gasteiger charge is -2.12. The quantitative estimate of drug-likeness (QED) is 0.838. The van der Waals surface area contributed by atoms with Gasteiger partial charge in [0.25, 0.3) is 0 Å². The number of rotatable bonds is 6. The van der Waals surface area contributed by atoms with E-state index in [9.17, 15) is 8.42 Å². The number of nitrogens with one attached hydrogen (secondary N) is 1. The Morgan fingerprint density at radius 2 is 1.65 bits per heavy atom. The van der Waals surface area contributed by atoms with Gasteiger partial charge in [-0.2, -0.15) is 0 Å². The topological polar surface area (TPSA) is 64.6 Å². The molecule has 5 nitrogen and oxygen atoms in total. The molecule has 0 aliphatic carbocycles. The minimum atomic E-state index is -3.80. The Kier molecular flexibility index (Phi) is 5.75. The molecule has 0 aliphatic heterocycles. The predicted molar refractivity (Wildman–Crippen MR) is 90.0 cm³/mol. The molecule has 0 spiro atoms. The molecule has 0 atom stereocenters. The largest absolute Gasteiger partial charge is 0.497 e. The minimum Gasteiger partial charge on any atom is -0.497 e. The smallest absolute Gasteiger partial charge is 0.244 e. The summed E-state index contributed by atoms with van der Waals surface area (Å²) in [5, 5.41) is 0.872. The van der Waals surface area contributed by atoms with Crippen molar-refractivity contribution in [3.05, 3.63) is 52.0 Å². The molecule has 0 saturated heterocycles. The molecule has 0 heterocycles. The molecule has 0 amide bonds. The van der Waals surface area contributed by atoms with Crippen LogP contribution in [0.3, 0.4) is 0 Å². The van der Waals surface area contributed by atoms with E-state index in [0.717, 1.165) is 0 Å². The summed E-state index contributed by atoms with van der Waals surface area (Å²) in [4.78, 5) is -0.00697. The standard InChI is InChI=1S/C15H15Cl2NO4S/c1-21-13-3-4-14(22-2)15(8-13)23(19,20)18-9-10-5-11(16)7-12(17)6-10/h3-8,18H,9H2,1-2H3. The van der Waals surface area contributed by atoms with E-state index in [1.807, 2.05) is 0 Å². The first-order valence-electron chi connectivity index (χ1n) is 6.52. The van der Waals surface area contributed by atoms with Crippen molar-refractivity contribution >= 4 is 33.2 Å². The maximum Gasteiger partial charge on any atom is 0.244 e. The van der Waals surface area contributed by atoms with Crippen LogP contribution in [0.1, 0.15) is 5.56 Å². The summed E-state index contributed by atoms with van der Waals surface area (Å²) in [6.45, 7) is 0.0446. The average molecular weight is 376 g/mol. The van der Waals surface area contributed by atoms with Crippen LogP contribution in [0.25, 0.3) is 0 Å². The lowest BCUT2D eigenvalue weighted by Crippen LogP contribution is -2.23. The van der Waals surface area contributed by atoms with Crippen LogP contribution in [0, 0.1) is 0 Å². The highest BCUT2D eigenvalue weighted by molar-refractivity contribution is 7.89. The van der Waals surface area contributed by atoms with Gasteiger partial charge in [0, 0.05) is 22.7 Å². The third kappa shape index (κ3) is 4.51. The normalized spacial score (nSPS) is 11.3. The van der Waals surface area contributed by atoms with Gasteiger partial charge >= 0.3 is 0 Å². The van der Waals surface area contributed by atoms with Gasteiger partial charge in [-0.15, -0.1) is 0 Å². The minimum absolute atomic E-state index is 0.00697. The van der Waals surface area contributed by atoms with Crippen molar-refractivity contribution in [2.75, 3.05) is 14.2 Å². The fourth-order valence-corrected chi connectivity index (χ4v) is 3.73. The number of methoxy groups -OCH3 is 2. The molecule has 2 aromatic carbocycles. The highest BCUT2D eigenvalue weighted by Crippen LogP contribution is 2.28. The van der Waals surface area contributed by atoms with Gasteiger partial charge in [0.1, 0.15) is 16.4 Å². The second kappa shape index (κ2) is 7.40. The zero-order chi connectivity index (χ0) is 17.0. The Morgan fingerprint density at radius 3 is 2.22 bits per heavy atom. The molecular formula is C15H15Cl2NO4S. The van der Waals surface area contributed by atoms with Crippen molar-refractivity contribution < 1.29 is 17.9 Å². The monoisotopic (exact) mass is 375 g/mol. The van der Waals surface area contributed by atoms with Gasteiger partial charge in [-0.3, -0.25) is 0 Å². The summed E-state index contributed by atoms with van der Waals surface area (Å²) < 4.78 is 37.7. The number of benzene rings is 2. The van der Waals surface area contributed by atoms with Crippen molar-refractivity contribution in [1.82, 2.24) is 4.72 Å². The number of hydrogen-bond donors (Lipinski definition) is 1. The summed E-state index contributed by atoms with van der Waals surface area (Å²) in [7, 11) is -0.942. The maximum absolute atomic E-state index is 12.5. The van der Waals surface area contributed by atoms with Gasteiger partial charge in [-0.05, 0) is 35.9 Å². The van der Waals surface area contributed by atoms with Gasteiger partial charge in [0.15, 0.2) is 0 Å². The first-order valence-corrected chi connectivity index (χ1v) is 8.76. The highest BCUT2D eigenvalue weighted by Gasteiger charge is 2.20. The summed E-state index contributed by atoms with van der Waals surface area (Å²) in [6, 6.07) is 9.40. The third-order valence-electron chi connectivity index (χ3n) is 3.05. The second-order valence-electron chi connectivity index (χ2n) is 4.62. The molecule has 8 heteroatoms. The molecule has 1 N–H and O–H groups in total. The highest BCUT2D eigenvalue weighted by atomic mass is 35.5. The lowest BCUT2D eigenvalue weighted by molar-refractivity contribution is 0.392. The molecule has 2 rings (SSSR count). The predicted octanol–water partition coefficient (Wildman–Crippen LogP) is 3.49. The molecule has 0 aliphatic rings. The fourth-order valence-electron chi connectivity index (χ4n) is 1.96. The first kappa shape index (κ1) is 17.9. The Balaban J connectivity index is 2.28. The van der Waals surface area contributed by atoms with E-state index in [0.29, 0.717) is 21.4 Å². The Hall–Kier alpha value is -1.47. The van der Waals surface area contributed by atoms with E-state index < -0.39 is 10.0 Å². The van der Waals surface area contributed by atoms with Crippen LogP contribution in [-0.2, 0) is 16.6 Å². The summed E-state index contributed by atoms with van der Waals surface area (Å²) in [5.74, 6) is 0.638. The summed E-state index contributed by atoms with van der Waals surface area (Å²) >= 11 is 11.8. The third-order valence-corrected chi connectivity index (χ3v) is 4.91. The maximum atomic E-state index is 12.5. The van der Waals surface area contributed by atoms with Crippen molar-refractivity contribution in [3.8, 4) is 11.5 Å². The van der Waals surface area contributed by atoms with Gasteiger partial charge in [-0.25, -0.2) is 13.1 Å². The van der Waals surface area contributed by atoms with Gasteiger partial charge in [-0.1, -0.05) is 23.2 Å². The molecule has 23 heavy (non-hydrogen) atoms. The molecule has 0 unspecified atom stereocenters. The van der Waals surface area contributed by atoms with Crippen molar-refractivity contribution in [2.45, 2.75) is 11.4 Å². The molecule has 2 aromatic rings. The number of halogens is 2. The molecule has 0 saturated carbocycles. The van der Waals surface area contributed by atoms with E-state index >= 15 is 0 Å². The summed E-state index contributed by atoms with van der Waals surface area (Å²) in [5.41, 5.74) is 0.646. The van der Waals surface area contributed by atoms with Gasteiger partial charge < -0.3 is 9.47 Å². The number of hydrogen-bond acceptors (Lipinski definition) is 4. The van der Waals surface area contributed by atoms with Crippen molar-refractivity contribution in [1.29, 1.82) is 0 Å². The van der Waals surface area contributed by atoms with Crippen molar-refractivity contribution in [3.63, 3.8) is 0 Å². The zero-order valence-electron chi connectivity index (χ0n) is 12.5. The molecule has 0 fully saturated rings. The van der Waals surface area contributed by atoms with E-state index in [2.05, 4.69) is 4.72 Å². The zero-order valence-corrected chi connectivity index (χ0v) is 14.8. The number of ether oxygens (including phenoxy) is 2. The van der Waals surface area contributed by atoms with Crippen LogP contribution in [0.15, 0.2) is 41.3 Å². The van der Waals surface area contributed by atoms with E-state index in [1.54, 1.807) is 24.3 Å². The van der Waals surface area contributed by atoms with E-state index in [-0.39, 0.29) is 17.2 Å². The molecule has 0 bridgehead atoms. The van der Waals surface area contributed by atoms with Crippen molar-refractivity contribution in [2.24, 2.45) is 0 Å². The molecule has 0 aromatic heterocycles. The van der Waals surface area contributed by atoms with Crippen LogP contribution >= 0.6 is 23.2 Å². The fraction of sp³-hybridized carbons (Fsp3) is 0.200. The molecule has 0 radical (unpaired) electrons. The second-order valence-corrected chi connectivity index (χ2v) is 7.23. The summed E-state index contributed by atoms with van der Waals surface area (Å²) in [6.07, 6.45) is 0. The van der Waals surface area contributed by atoms with Crippen LogP contribution in [0.2, 0.25) is 10.0 Å². The number of sulfonamides is 1. The molecule has 124 valence electrons. The van der Waals surface area contributed by atoms with Crippen LogP contribution < -0.4 is 14.2 Å². The van der Waals surface area contributed by atoms with Gasteiger partial charge in [0.2, 0.25) is 10.0 Å². The van der Waals surface area contributed by atoms with Crippen LogP contribution in [0.4, 0.5) is 0 Å². The van der Waals surface area contributed by atoms with E-state index in [4.69, 9.17) is 32.7 Å². The Labute approximate surface area is 145 Å². The Bertz CT molecular complexity index is 789. The first-order chi connectivity index (χ1) is 10.9. The van der Waals surface area contributed by atoms with E-state index in [1.165, 1.54) is 26.4 Å². The Morgan fingerprint density at radius 1 is 1.00 bits per heavy atom. The van der Waals surface area contributed by atoms with Crippen LogP contribution in [0.5, 0.6) is 11.5 Å². The lowest BCUT2D eigenvalue weighted by atomic mass is 10.2. The molecular weight excluding hydrogens is 361 g/mol. The van der Waals surface area contributed by atoms with Crippen LogP contribution in [-0.4, -0.2) is 22.6 Å². The van der Waals surface area contributed by atoms with Gasteiger partial charge in [0.05, 0.1) is 14.2 Å². The SMILES string of the molecule is COc1ccc(OC)c(S(=O)(=O)NCc2cc(Cl)cc(Cl)c2)c1.